The molecule has 1 fully saturated rings. The van der Waals surface area contributed by atoms with Gasteiger partial charge in [0, 0.05) is 24.7 Å². The number of hydrogen-bond donors (Lipinski definition) is 0. The molecule has 0 saturated heterocycles. The average Bonchev–Trinajstić information content (AvgIpc) is 3.45. The first kappa shape index (κ1) is 17.0. The van der Waals surface area contributed by atoms with E-state index in [1.807, 2.05) is 29.2 Å². The van der Waals surface area contributed by atoms with Crippen molar-refractivity contribution in [1.29, 1.82) is 0 Å². The van der Waals surface area contributed by atoms with Gasteiger partial charge in [0.15, 0.2) is 0 Å². The molecular formula is C19H20N2O4. The first-order chi connectivity index (χ1) is 12.1. The molecule has 0 aromatic heterocycles. The van der Waals surface area contributed by atoms with E-state index < -0.39 is 4.92 Å². The number of non-ortho nitro benzene ring substituents is 1. The molecule has 2 aromatic carbocycles. The summed E-state index contributed by atoms with van der Waals surface area (Å²) in [6.45, 7) is 0.570. The van der Waals surface area contributed by atoms with Gasteiger partial charge in [0.1, 0.15) is 5.75 Å². The molecule has 1 saturated carbocycles. The maximum atomic E-state index is 12.7. The van der Waals surface area contributed by atoms with Crippen molar-refractivity contribution in [1.82, 2.24) is 4.90 Å². The molecule has 0 heterocycles. The van der Waals surface area contributed by atoms with E-state index in [-0.39, 0.29) is 18.0 Å². The summed E-state index contributed by atoms with van der Waals surface area (Å²) in [6.07, 6.45) is 2.31. The topological polar surface area (TPSA) is 72.7 Å². The summed E-state index contributed by atoms with van der Waals surface area (Å²) >= 11 is 0. The van der Waals surface area contributed by atoms with Crippen LogP contribution >= 0.6 is 0 Å². The zero-order valence-corrected chi connectivity index (χ0v) is 14.1. The molecular weight excluding hydrogens is 320 g/mol. The predicted molar refractivity (Wildman–Crippen MR) is 93.4 cm³/mol. The van der Waals surface area contributed by atoms with Gasteiger partial charge in [-0.1, -0.05) is 24.3 Å². The van der Waals surface area contributed by atoms with Crippen LogP contribution in [0.5, 0.6) is 5.75 Å². The Morgan fingerprint density at radius 1 is 1.12 bits per heavy atom. The highest BCUT2D eigenvalue weighted by molar-refractivity contribution is 5.79. The molecule has 0 radical (unpaired) electrons. The van der Waals surface area contributed by atoms with Crippen LogP contribution in [-0.2, 0) is 17.8 Å². The number of methoxy groups -OCH3 is 1. The third-order valence-electron chi connectivity index (χ3n) is 4.32. The van der Waals surface area contributed by atoms with Gasteiger partial charge in [-0.05, 0) is 36.1 Å². The molecule has 0 unspecified atom stereocenters. The van der Waals surface area contributed by atoms with Crippen LogP contribution in [0.2, 0.25) is 0 Å². The summed E-state index contributed by atoms with van der Waals surface area (Å²) < 4.78 is 5.16. The molecule has 0 atom stereocenters. The Labute approximate surface area is 146 Å². The normalized spacial score (nSPS) is 13.3. The van der Waals surface area contributed by atoms with E-state index in [9.17, 15) is 14.9 Å². The van der Waals surface area contributed by atoms with Gasteiger partial charge >= 0.3 is 0 Å². The molecule has 25 heavy (non-hydrogen) atoms. The molecule has 2 aromatic rings. The predicted octanol–water partition coefficient (Wildman–Crippen LogP) is 3.34. The number of ether oxygens (including phenoxy) is 1. The van der Waals surface area contributed by atoms with E-state index in [0.29, 0.717) is 12.6 Å². The van der Waals surface area contributed by atoms with Gasteiger partial charge in [-0.2, -0.15) is 0 Å². The number of nitrogens with zero attached hydrogens (tertiary/aromatic N) is 2. The number of carbonyl (C=O) groups is 1. The van der Waals surface area contributed by atoms with Crippen molar-refractivity contribution in [3.05, 3.63) is 69.8 Å². The third kappa shape index (κ3) is 4.35. The lowest BCUT2D eigenvalue weighted by Crippen LogP contribution is -2.33. The highest BCUT2D eigenvalue weighted by atomic mass is 16.6. The van der Waals surface area contributed by atoms with Crippen molar-refractivity contribution >= 4 is 11.6 Å². The molecule has 130 valence electrons. The monoisotopic (exact) mass is 340 g/mol. The van der Waals surface area contributed by atoms with E-state index >= 15 is 0 Å². The van der Waals surface area contributed by atoms with Crippen molar-refractivity contribution in [2.45, 2.75) is 31.8 Å². The number of hydrogen-bond acceptors (Lipinski definition) is 4. The zero-order valence-electron chi connectivity index (χ0n) is 14.1. The van der Waals surface area contributed by atoms with Crippen molar-refractivity contribution in [3.63, 3.8) is 0 Å². The highest BCUT2D eigenvalue weighted by Gasteiger charge is 2.32. The zero-order chi connectivity index (χ0) is 17.8. The Morgan fingerprint density at radius 3 is 2.24 bits per heavy atom. The summed E-state index contributed by atoms with van der Waals surface area (Å²) in [5, 5.41) is 10.7. The van der Waals surface area contributed by atoms with Crippen molar-refractivity contribution in [2.24, 2.45) is 0 Å². The summed E-state index contributed by atoms with van der Waals surface area (Å²) in [6, 6.07) is 14.2. The van der Waals surface area contributed by atoms with E-state index in [2.05, 4.69) is 0 Å². The quantitative estimate of drug-likeness (QED) is 0.572. The standard InChI is InChI=1S/C19H20N2O4/c1-25-18-10-4-15(5-11-18)13-20(16-8-9-16)19(22)12-14-2-6-17(7-3-14)21(23)24/h2-7,10-11,16H,8-9,12-13H2,1H3. The van der Waals surface area contributed by atoms with Gasteiger partial charge in [0.25, 0.3) is 5.69 Å². The van der Waals surface area contributed by atoms with Crippen molar-refractivity contribution in [3.8, 4) is 5.75 Å². The first-order valence-electron chi connectivity index (χ1n) is 8.22. The second-order valence-electron chi connectivity index (χ2n) is 6.20. The number of benzene rings is 2. The van der Waals surface area contributed by atoms with Crippen LogP contribution in [-0.4, -0.2) is 28.9 Å². The van der Waals surface area contributed by atoms with Crippen LogP contribution in [0.15, 0.2) is 48.5 Å². The molecule has 0 spiro atoms. The van der Waals surface area contributed by atoms with Gasteiger partial charge in [-0.25, -0.2) is 0 Å². The number of nitro groups is 1. The summed E-state index contributed by atoms with van der Waals surface area (Å²) in [7, 11) is 1.62. The Bertz CT molecular complexity index is 752. The van der Waals surface area contributed by atoms with Crippen LogP contribution < -0.4 is 4.74 Å². The maximum absolute atomic E-state index is 12.7. The van der Waals surface area contributed by atoms with Crippen LogP contribution in [0.25, 0.3) is 0 Å². The minimum atomic E-state index is -0.439. The highest BCUT2D eigenvalue weighted by Crippen LogP contribution is 2.29. The largest absolute Gasteiger partial charge is 0.497 e. The van der Waals surface area contributed by atoms with E-state index in [4.69, 9.17) is 4.74 Å². The van der Waals surface area contributed by atoms with Crippen molar-refractivity contribution in [2.75, 3.05) is 7.11 Å². The summed E-state index contributed by atoms with van der Waals surface area (Å²) in [5.41, 5.74) is 1.88. The second kappa shape index (κ2) is 7.34. The van der Waals surface area contributed by atoms with Gasteiger partial charge in [-0.15, -0.1) is 0 Å². The third-order valence-corrected chi connectivity index (χ3v) is 4.32. The fraction of sp³-hybridized carbons (Fsp3) is 0.316. The number of carbonyl (C=O) groups excluding carboxylic acids is 1. The fourth-order valence-electron chi connectivity index (χ4n) is 2.75. The number of nitro benzene ring substituents is 1. The number of rotatable bonds is 7. The minimum absolute atomic E-state index is 0.0356. The van der Waals surface area contributed by atoms with Crippen LogP contribution in [0, 0.1) is 10.1 Å². The van der Waals surface area contributed by atoms with Gasteiger partial charge in [0.2, 0.25) is 5.91 Å². The van der Waals surface area contributed by atoms with E-state index in [0.717, 1.165) is 29.7 Å². The molecule has 1 aliphatic rings. The van der Waals surface area contributed by atoms with Crippen LogP contribution in [0.3, 0.4) is 0 Å². The number of amides is 1. The summed E-state index contributed by atoms with van der Waals surface area (Å²) in [5.74, 6) is 0.839. The first-order valence-corrected chi connectivity index (χ1v) is 8.22. The molecule has 3 rings (SSSR count). The lowest BCUT2D eigenvalue weighted by atomic mass is 10.1. The van der Waals surface area contributed by atoms with E-state index in [1.54, 1.807) is 19.2 Å². The molecule has 1 amide bonds. The Kier molecular flexibility index (Phi) is 4.97. The van der Waals surface area contributed by atoms with Gasteiger partial charge in [0.05, 0.1) is 18.5 Å². The summed E-state index contributed by atoms with van der Waals surface area (Å²) in [4.78, 5) is 24.9. The average molecular weight is 340 g/mol. The molecule has 0 bridgehead atoms. The molecule has 6 nitrogen and oxygen atoms in total. The van der Waals surface area contributed by atoms with Crippen LogP contribution in [0.4, 0.5) is 5.69 Å². The second-order valence-corrected chi connectivity index (χ2v) is 6.20. The van der Waals surface area contributed by atoms with E-state index in [1.165, 1.54) is 12.1 Å². The van der Waals surface area contributed by atoms with Crippen LogP contribution in [0.1, 0.15) is 24.0 Å². The minimum Gasteiger partial charge on any atom is -0.497 e. The van der Waals surface area contributed by atoms with Gasteiger partial charge in [-0.3, -0.25) is 14.9 Å². The fourth-order valence-corrected chi connectivity index (χ4v) is 2.75. The molecule has 6 heteroatoms. The molecule has 1 aliphatic carbocycles. The Balaban J connectivity index is 1.67. The lowest BCUT2D eigenvalue weighted by Gasteiger charge is -2.23. The van der Waals surface area contributed by atoms with Crippen molar-refractivity contribution < 1.29 is 14.5 Å². The lowest BCUT2D eigenvalue weighted by molar-refractivity contribution is -0.384. The SMILES string of the molecule is COc1ccc(CN(C(=O)Cc2ccc([N+](=O)[O-])cc2)C2CC2)cc1. The molecule has 0 N–H and O–H groups in total. The molecule has 0 aliphatic heterocycles. The Morgan fingerprint density at radius 2 is 1.72 bits per heavy atom. The maximum Gasteiger partial charge on any atom is 0.269 e. The Hall–Kier alpha value is -2.89. The van der Waals surface area contributed by atoms with Gasteiger partial charge < -0.3 is 9.64 Å². The smallest absolute Gasteiger partial charge is 0.269 e.